The molecule has 18 heavy (non-hydrogen) atoms. The van der Waals surface area contributed by atoms with Crippen LogP contribution in [-0.2, 0) is 0 Å². The van der Waals surface area contributed by atoms with E-state index in [1.807, 2.05) is 12.1 Å². The van der Waals surface area contributed by atoms with Crippen molar-refractivity contribution >= 4 is 39.5 Å². The molecular formula is C13H13FIN3. The number of halogens is 2. The molecular weight excluding hydrogens is 344 g/mol. The highest BCUT2D eigenvalue weighted by atomic mass is 127. The summed E-state index contributed by atoms with van der Waals surface area (Å²) in [7, 11) is 0. The summed E-state index contributed by atoms with van der Waals surface area (Å²) in [4.78, 5) is 6.61. The van der Waals surface area contributed by atoms with E-state index in [-0.39, 0.29) is 5.82 Å². The van der Waals surface area contributed by atoms with Gasteiger partial charge in [-0.25, -0.2) is 7.50 Å². The van der Waals surface area contributed by atoms with Gasteiger partial charge < -0.3 is 4.90 Å². The Morgan fingerprint density at radius 3 is 2.72 bits per heavy atom. The molecule has 0 spiro atoms. The van der Waals surface area contributed by atoms with Gasteiger partial charge in [0, 0.05) is 60.6 Å². The zero-order chi connectivity index (χ0) is 12.5. The van der Waals surface area contributed by atoms with Crippen molar-refractivity contribution < 1.29 is 4.39 Å². The van der Waals surface area contributed by atoms with Gasteiger partial charge in [-0.1, -0.05) is 6.07 Å². The fourth-order valence-electron chi connectivity index (χ4n) is 2.30. The molecule has 0 bridgehead atoms. The third-order valence-corrected chi connectivity index (χ3v) is 4.18. The van der Waals surface area contributed by atoms with Crippen molar-refractivity contribution in [1.82, 2.24) is 8.10 Å². The third-order valence-electron chi connectivity index (χ3n) is 3.22. The zero-order valence-corrected chi connectivity index (χ0v) is 12.0. The molecule has 0 aliphatic carbocycles. The van der Waals surface area contributed by atoms with Crippen LogP contribution >= 0.6 is 22.9 Å². The van der Waals surface area contributed by atoms with Crippen LogP contribution in [0.15, 0.2) is 30.5 Å². The van der Waals surface area contributed by atoms with Crippen LogP contribution < -0.4 is 4.90 Å². The first-order valence-electron chi connectivity index (χ1n) is 5.94. The largest absolute Gasteiger partial charge is 0.367 e. The Morgan fingerprint density at radius 1 is 1.17 bits per heavy atom. The lowest BCUT2D eigenvalue weighted by Gasteiger charge is -2.33. The van der Waals surface area contributed by atoms with Gasteiger partial charge >= 0.3 is 0 Å². The molecule has 1 aromatic carbocycles. The highest BCUT2D eigenvalue weighted by Crippen LogP contribution is 2.27. The first-order chi connectivity index (χ1) is 8.74. The number of benzene rings is 1. The van der Waals surface area contributed by atoms with Gasteiger partial charge in [-0.2, -0.15) is 0 Å². The number of rotatable bonds is 1. The van der Waals surface area contributed by atoms with Crippen molar-refractivity contribution in [2.45, 2.75) is 0 Å². The summed E-state index contributed by atoms with van der Waals surface area (Å²) in [5, 5.41) is 0.865. The number of fused-ring (bicyclic) bond motifs is 1. The molecule has 0 saturated carbocycles. The van der Waals surface area contributed by atoms with E-state index in [4.69, 9.17) is 0 Å². The van der Waals surface area contributed by atoms with Gasteiger partial charge in [0.1, 0.15) is 5.82 Å². The van der Waals surface area contributed by atoms with Gasteiger partial charge in [0.25, 0.3) is 0 Å². The lowest BCUT2D eigenvalue weighted by molar-refractivity contribution is 0.460. The highest BCUT2D eigenvalue weighted by Gasteiger charge is 2.18. The Bertz CT molecular complexity index is 567. The van der Waals surface area contributed by atoms with Crippen molar-refractivity contribution in [2.24, 2.45) is 0 Å². The molecule has 3 rings (SSSR count). The maximum atomic E-state index is 13.7. The average molecular weight is 357 g/mol. The van der Waals surface area contributed by atoms with Gasteiger partial charge in [0.15, 0.2) is 0 Å². The van der Waals surface area contributed by atoms with E-state index >= 15 is 0 Å². The normalized spacial score (nSPS) is 17.3. The number of hydrogen-bond acceptors (Lipinski definition) is 3. The summed E-state index contributed by atoms with van der Waals surface area (Å²) in [5.41, 5.74) is 1.80. The summed E-state index contributed by atoms with van der Waals surface area (Å²) in [6.07, 6.45) is 1.76. The highest BCUT2D eigenvalue weighted by molar-refractivity contribution is 14.1. The maximum Gasteiger partial charge on any atom is 0.126 e. The summed E-state index contributed by atoms with van der Waals surface area (Å²) < 4.78 is 15.9. The fourth-order valence-corrected chi connectivity index (χ4v) is 2.73. The van der Waals surface area contributed by atoms with E-state index in [0.29, 0.717) is 0 Å². The summed E-state index contributed by atoms with van der Waals surface area (Å²) >= 11 is 2.33. The van der Waals surface area contributed by atoms with Crippen LogP contribution in [0.3, 0.4) is 0 Å². The Labute approximate surface area is 119 Å². The van der Waals surface area contributed by atoms with Crippen LogP contribution in [0.4, 0.5) is 10.1 Å². The minimum atomic E-state index is -0.192. The lowest BCUT2D eigenvalue weighted by atomic mass is 10.1. The molecule has 2 aromatic rings. The van der Waals surface area contributed by atoms with Crippen molar-refractivity contribution in [3.63, 3.8) is 0 Å². The molecule has 0 amide bonds. The summed E-state index contributed by atoms with van der Waals surface area (Å²) in [6.45, 7) is 3.81. The van der Waals surface area contributed by atoms with Crippen LogP contribution in [0.5, 0.6) is 0 Å². The molecule has 0 N–H and O–H groups in total. The molecule has 0 unspecified atom stereocenters. The van der Waals surface area contributed by atoms with E-state index in [1.54, 1.807) is 18.3 Å². The second kappa shape index (κ2) is 4.97. The van der Waals surface area contributed by atoms with Crippen molar-refractivity contribution in [2.75, 3.05) is 31.1 Å². The number of piperazine rings is 1. The van der Waals surface area contributed by atoms with Crippen LogP contribution in [-0.4, -0.2) is 34.3 Å². The van der Waals surface area contributed by atoms with E-state index in [9.17, 15) is 4.39 Å². The second-order valence-corrected chi connectivity index (χ2v) is 5.76. The average Bonchev–Trinajstić information content (AvgIpc) is 2.38. The van der Waals surface area contributed by atoms with E-state index < -0.39 is 0 Å². The smallest absolute Gasteiger partial charge is 0.126 e. The summed E-state index contributed by atoms with van der Waals surface area (Å²) in [6, 6.07) is 6.89. The number of anilines is 1. The maximum absolute atomic E-state index is 13.7. The molecule has 1 aliphatic heterocycles. The van der Waals surface area contributed by atoms with Crippen LogP contribution in [0, 0.1) is 5.82 Å². The Balaban J connectivity index is 2.05. The van der Waals surface area contributed by atoms with Gasteiger partial charge in [0.2, 0.25) is 0 Å². The second-order valence-electron chi connectivity index (χ2n) is 4.40. The number of nitrogens with zero attached hydrogens (tertiary/aromatic N) is 3. The molecule has 2 heterocycles. The predicted molar refractivity (Wildman–Crippen MR) is 79.5 cm³/mol. The summed E-state index contributed by atoms with van der Waals surface area (Å²) in [5.74, 6) is -0.192. The standard InChI is InChI=1S/C13H13FIN3/c14-11-8-10-2-1-3-16-13(10)12(9-11)17-4-6-18(15)7-5-17/h1-3,8-9H,4-7H2. The topological polar surface area (TPSA) is 19.4 Å². The first kappa shape index (κ1) is 12.1. The minimum absolute atomic E-state index is 0.192. The lowest BCUT2D eigenvalue weighted by Crippen LogP contribution is -2.42. The molecule has 1 saturated heterocycles. The van der Waals surface area contributed by atoms with Crippen LogP contribution in [0.1, 0.15) is 0 Å². The van der Waals surface area contributed by atoms with Crippen LogP contribution in [0.2, 0.25) is 0 Å². The zero-order valence-electron chi connectivity index (χ0n) is 9.81. The third kappa shape index (κ3) is 2.29. The molecule has 3 nitrogen and oxygen atoms in total. The molecule has 0 atom stereocenters. The molecule has 94 valence electrons. The van der Waals surface area contributed by atoms with Gasteiger partial charge in [-0.05, 0) is 18.2 Å². The monoisotopic (exact) mass is 357 g/mol. The Kier molecular flexibility index (Phi) is 3.34. The minimum Gasteiger partial charge on any atom is -0.367 e. The molecule has 1 aromatic heterocycles. The van der Waals surface area contributed by atoms with Gasteiger partial charge in [-0.3, -0.25) is 4.98 Å². The number of aromatic nitrogens is 1. The van der Waals surface area contributed by atoms with E-state index in [0.717, 1.165) is 42.8 Å². The molecule has 5 heteroatoms. The van der Waals surface area contributed by atoms with Gasteiger partial charge in [-0.15, -0.1) is 0 Å². The first-order valence-corrected chi connectivity index (χ1v) is 6.90. The predicted octanol–water partition coefficient (Wildman–Crippen LogP) is 2.85. The van der Waals surface area contributed by atoms with Gasteiger partial charge in [0.05, 0.1) is 11.2 Å². The molecule has 0 radical (unpaired) electrons. The van der Waals surface area contributed by atoms with Crippen LogP contribution in [0.25, 0.3) is 10.9 Å². The Hall–Kier alpha value is -0.950. The Morgan fingerprint density at radius 2 is 1.94 bits per heavy atom. The molecule has 1 aliphatic rings. The van der Waals surface area contributed by atoms with Crippen molar-refractivity contribution in [3.05, 3.63) is 36.3 Å². The number of hydrogen-bond donors (Lipinski definition) is 0. The SMILES string of the molecule is Fc1cc(N2CCN(I)CC2)c2ncccc2c1. The molecule has 1 fully saturated rings. The van der Waals surface area contributed by atoms with E-state index in [1.165, 1.54) is 0 Å². The van der Waals surface area contributed by atoms with Crippen molar-refractivity contribution in [3.8, 4) is 0 Å². The van der Waals surface area contributed by atoms with Crippen molar-refractivity contribution in [1.29, 1.82) is 0 Å². The number of pyridine rings is 1. The fraction of sp³-hybridized carbons (Fsp3) is 0.308. The van der Waals surface area contributed by atoms with E-state index in [2.05, 4.69) is 35.9 Å². The quantitative estimate of drug-likeness (QED) is 0.578.